The number of hydrogen-bond donors (Lipinski definition) is 0. The second-order valence-corrected chi connectivity index (χ2v) is 5.73. The molecular formula is C19H19FN2O. The molecule has 0 aliphatic rings. The first-order valence-corrected chi connectivity index (χ1v) is 7.52. The highest BCUT2D eigenvalue weighted by Gasteiger charge is 2.17. The molecule has 0 radical (unpaired) electrons. The molecule has 0 saturated heterocycles. The van der Waals surface area contributed by atoms with Crippen LogP contribution in [0.25, 0.3) is 0 Å². The van der Waals surface area contributed by atoms with Crippen molar-refractivity contribution in [3.63, 3.8) is 0 Å². The minimum absolute atomic E-state index is 0.00373. The van der Waals surface area contributed by atoms with Crippen molar-refractivity contribution in [2.24, 2.45) is 0 Å². The Morgan fingerprint density at radius 3 is 2.17 bits per heavy atom. The van der Waals surface area contributed by atoms with E-state index in [4.69, 9.17) is 5.26 Å². The van der Waals surface area contributed by atoms with E-state index >= 15 is 0 Å². The summed E-state index contributed by atoms with van der Waals surface area (Å²) in [4.78, 5) is 14.3. The fourth-order valence-electron chi connectivity index (χ4n) is 2.32. The second kappa shape index (κ2) is 7.55. The number of carbonyl (C=O) groups is 1. The average Bonchev–Trinajstić information content (AvgIpc) is 2.55. The highest BCUT2D eigenvalue weighted by Crippen LogP contribution is 2.13. The van der Waals surface area contributed by atoms with E-state index in [1.165, 1.54) is 12.1 Å². The van der Waals surface area contributed by atoms with Gasteiger partial charge in [-0.25, -0.2) is 4.39 Å². The second-order valence-electron chi connectivity index (χ2n) is 5.73. The minimum atomic E-state index is -0.306. The van der Waals surface area contributed by atoms with Crippen molar-refractivity contribution in [2.75, 3.05) is 0 Å². The zero-order valence-electron chi connectivity index (χ0n) is 13.3. The zero-order valence-corrected chi connectivity index (χ0v) is 13.3. The molecule has 2 rings (SSSR count). The van der Waals surface area contributed by atoms with Crippen molar-refractivity contribution in [1.82, 2.24) is 4.90 Å². The molecule has 0 atom stereocenters. The summed E-state index contributed by atoms with van der Waals surface area (Å²) in [7, 11) is 0. The molecule has 0 aliphatic carbocycles. The number of benzene rings is 2. The fourth-order valence-corrected chi connectivity index (χ4v) is 2.32. The SMILES string of the molecule is CC(C)N(Cc1ccc(C#N)cc1)C(=O)Cc1ccc(F)cc1. The predicted octanol–water partition coefficient (Wildman–Crippen LogP) is 3.68. The standard InChI is InChI=1S/C19H19FN2O/c1-14(2)22(13-17-5-3-16(12-21)4-6-17)19(23)11-15-7-9-18(20)10-8-15/h3-10,14H,11,13H2,1-2H3. The Kier molecular flexibility index (Phi) is 5.48. The molecule has 2 aromatic carbocycles. The smallest absolute Gasteiger partial charge is 0.227 e. The lowest BCUT2D eigenvalue weighted by atomic mass is 10.1. The van der Waals surface area contributed by atoms with Gasteiger partial charge in [-0.2, -0.15) is 5.26 Å². The summed E-state index contributed by atoms with van der Waals surface area (Å²) in [5.74, 6) is -0.310. The number of nitrogens with zero attached hydrogens (tertiary/aromatic N) is 2. The Labute approximate surface area is 136 Å². The Hall–Kier alpha value is -2.67. The number of carbonyl (C=O) groups excluding carboxylic acids is 1. The van der Waals surface area contributed by atoms with Gasteiger partial charge < -0.3 is 4.90 Å². The van der Waals surface area contributed by atoms with Crippen LogP contribution in [0, 0.1) is 17.1 Å². The van der Waals surface area contributed by atoms with Crippen LogP contribution in [0.1, 0.15) is 30.5 Å². The summed E-state index contributed by atoms with van der Waals surface area (Å²) in [5, 5.41) is 8.83. The number of rotatable bonds is 5. The normalized spacial score (nSPS) is 10.4. The van der Waals surface area contributed by atoms with Crippen molar-refractivity contribution >= 4 is 5.91 Å². The summed E-state index contributed by atoms with van der Waals surface area (Å²) < 4.78 is 12.9. The van der Waals surface area contributed by atoms with Crippen molar-refractivity contribution in [3.8, 4) is 6.07 Å². The zero-order chi connectivity index (χ0) is 16.8. The van der Waals surface area contributed by atoms with E-state index in [0.717, 1.165) is 11.1 Å². The number of halogens is 1. The van der Waals surface area contributed by atoms with E-state index in [2.05, 4.69) is 6.07 Å². The number of amides is 1. The van der Waals surface area contributed by atoms with Gasteiger partial charge in [0.05, 0.1) is 18.1 Å². The topological polar surface area (TPSA) is 44.1 Å². The first kappa shape index (κ1) is 16.7. The van der Waals surface area contributed by atoms with Crippen LogP contribution in [0.15, 0.2) is 48.5 Å². The molecule has 2 aromatic rings. The first-order valence-electron chi connectivity index (χ1n) is 7.52. The van der Waals surface area contributed by atoms with E-state index in [1.807, 2.05) is 26.0 Å². The van der Waals surface area contributed by atoms with E-state index in [1.54, 1.807) is 29.2 Å². The van der Waals surface area contributed by atoms with Crippen LogP contribution in [0.2, 0.25) is 0 Å². The van der Waals surface area contributed by atoms with E-state index < -0.39 is 0 Å². The van der Waals surface area contributed by atoms with Crippen molar-refractivity contribution in [2.45, 2.75) is 32.9 Å². The molecular weight excluding hydrogens is 291 g/mol. The summed E-state index contributed by atoms with van der Waals surface area (Å²) in [6.07, 6.45) is 0.245. The van der Waals surface area contributed by atoms with Crippen LogP contribution in [0.5, 0.6) is 0 Å². The third-order valence-electron chi connectivity index (χ3n) is 3.65. The monoisotopic (exact) mass is 310 g/mol. The molecule has 0 heterocycles. The molecule has 0 bridgehead atoms. The Bertz CT molecular complexity index is 700. The fraction of sp³-hybridized carbons (Fsp3) is 0.263. The lowest BCUT2D eigenvalue weighted by Crippen LogP contribution is -2.37. The van der Waals surface area contributed by atoms with E-state index in [0.29, 0.717) is 12.1 Å². The van der Waals surface area contributed by atoms with Crippen LogP contribution in [-0.2, 0) is 17.8 Å². The van der Waals surface area contributed by atoms with Gasteiger partial charge in [-0.15, -0.1) is 0 Å². The lowest BCUT2D eigenvalue weighted by Gasteiger charge is -2.27. The van der Waals surface area contributed by atoms with Crippen LogP contribution in [0.3, 0.4) is 0 Å². The molecule has 0 fully saturated rings. The van der Waals surface area contributed by atoms with Crippen LogP contribution >= 0.6 is 0 Å². The Morgan fingerprint density at radius 1 is 1.09 bits per heavy atom. The van der Waals surface area contributed by atoms with Gasteiger partial charge in [0.1, 0.15) is 5.82 Å². The molecule has 3 nitrogen and oxygen atoms in total. The molecule has 118 valence electrons. The Morgan fingerprint density at radius 2 is 1.65 bits per heavy atom. The van der Waals surface area contributed by atoms with Crippen molar-refractivity contribution in [3.05, 3.63) is 71.0 Å². The van der Waals surface area contributed by atoms with Gasteiger partial charge in [-0.1, -0.05) is 24.3 Å². The molecule has 4 heteroatoms. The third kappa shape index (κ3) is 4.65. The van der Waals surface area contributed by atoms with Gasteiger partial charge in [-0.05, 0) is 49.2 Å². The number of hydrogen-bond acceptors (Lipinski definition) is 2. The van der Waals surface area contributed by atoms with Gasteiger partial charge in [-0.3, -0.25) is 4.79 Å². The average molecular weight is 310 g/mol. The van der Waals surface area contributed by atoms with Crippen molar-refractivity contribution in [1.29, 1.82) is 5.26 Å². The quantitative estimate of drug-likeness (QED) is 0.845. The van der Waals surface area contributed by atoms with Gasteiger partial charge in [0.15, 0.2) is 0 Å². The molecule has 0 spiro atoms. The predicted molar refractivity (Wildman–Crippen MR) is 86.9 cm³/mol. The third-order valence-corrected chi connectivity index (χ3v) is 3.65. The highest BCUT2D eigenvalue weighted by molar-refractivity contribution is 5.79. The van der Waals surface area contributed by atoms with Crippen LogP contribution in [0.4, 0.5) is 4.39 Å². The van der Waals surface area contributed by atoms with Gasteiger partial charge in [0.25, 0.3) is 0 Å². The largest absolute Gasteiger partial charge is 0.336 e. The van der Waals surface area contributed by atoms with Crippen molar-refractivity contribution < 1.29 is 9.18 Å². The summed E-state index contributed by atoms with van der Waals surface area (Å²) in [6, 6.07) is 15.3. The van der Waals surface area contributed by atoms with Crippen LogP contribution < -0.4 is 0 Å². The summed E-state index contributed by atoms with van der Waals surface area (Å²) in [5.41, 5.74) is 2.37. The van der Waals surface area contributed by atoms with E-state index in [9.17, 15) is 9.18 Å². The first-order chi connectivity index (χ1) is 11.0. The molecule has 1 amide bonds. The molecule has 0 N–H and O–H groups in total. The molecule has 23 heavy (non-hydrogen) atoms. The summed E-state index contributed by atoms with van der Waals surface area (Å²) >= 11 is 0. The minimum Gasteiger partial charge on any atom is -0.336 e. The molecule has 0 unspecified atom stereocenters. The van der Waals surface area contributed by atoms with E-state index in [-0.39, 0.29) is 24.2 Å². The Balaban J connectivity index is 2.09. The highest BCUT2D eigenvalue weighted by atomic mass is 19.1. The van der Waals surface area contributed by atoms with Gasteiger partial charge >= 0.3 is 0 Å². The maximum absolute atomic E-state index is 12.9. The molecule has 0 saturated carbocycles. The van der Waals surface area contributed by atoms with Gasteiger partial charge in [0.2, 0.25) is 5.91 Å². The molecule has 0 aliphatic heterocycles. The lowest BCUT2D eigenvalue weighted by molar-refractivity contribution is -0.132. The molecule has 0 aromatic heterocycles. The number of nitriles is 1. The van der Waals surface area contributed by atoms with Gasteiger partial charge in [0, 0.05) is 12.6 Å². The maximum atomic E-state index is 12.9. The van der Waals surface area contributed by atoms with Crippen LogP contribution in [-0.4, -0.2) is 16.8 Å². The summed E-state index contributed by atoms with van der Waals surface area (Å²) in [6.45, 7) is 4.42. The maximum Gasteiger partial charge on any atom is 0.227 e.